The molecule has 0 saturated carbocycles. The molecule has 0 aromatic heterocycles. The zero-order valence-corrected chi connectivity index (χ0v) is 13.7. The molecule has 0 spiro atoms. The molecule has 1 amide bonds. The van der Waals surface area contributed by atoms with E-state index in [-0.39, 0.29) is 17.3 Å². The van der Waals surface area contributed by atoms with Gasteiger partial charge >= 0.3 is 0 Å². The van der Waals surface area contributed by atoms with E-state index in [4.69, 9.17) is 0 Å². The normalized spacial score (nSPS) is 11.9. The van der Waals surface area contributed by atoms with Crippen LogP contribution in [0.1, 0.15) is 13.8 Å². The van der Waals surface area contributed by atoms with Crippen LogP contribution >= 0.6 is 0 Å². The number of hydrogen-bond donors (Lipinski definition) is 2. The second kappa shape index (κ2) is 7.53. The minimum absolute atomic E-state index is 0.153. The fourth-order valence-electron chi connectivity index (χ4n) is 1.62. The van der Waals surface area contributed by atoms with Crippen LogP contribution in [-0.4, -0.2) is 45.8 Å². The molecule has 0 heterocycles. The highest BCUT2D eigenvalue weighted by Crippen LogP contribution is 2.17. The molecule has 21 heavy (non-hydrogen) atoms. The number of anilines is 1. The van der Waals surface area contributed by atoms with Crippen LogP contribution in [0.5, 0.6) is 0 Å². The van der Waals surface area contributed by atoms with E-state index in [9.17, 15) is 13.2 Å². The molecule has 0 unspecified atom stereocenters. The summed E-state index contributed by atoms with van der Waals surface area (Å²) in [5, 5.41) is 5.71. The second-order valence-corrected chi connectivity index (χ2v) is 7.54. The lowest BCUT2D eigenvalue weighted by Crippen LogP contribution is -2.30. The molecule has 0 aliphatic carbocycles. The van der Waals surface area contributed by atoms with Crippen LogP contribution < -0.4 is 10.6 Å². The maximum absolute atomic E-state index is 12.0. The molecule has 0 fully saturated rings. The van der Waals surface area contributed by atoms with E-state index in [2.05, 4.69) is 24.5 Å². The Hall–Kier alpha value is -1.44. The number of hydrogen-bond acceptors (Lipinski definition) is 4. The second-order valence-electron chi connectivity index (χ2n) is 5.39. The quantitative estimate of drug-likeness (QED) is 0.791. The van der Waals surface area contributed by atoms with Gasteiger partial charge in [-0.05, 0) is 30.7 Å². The molecule has 1 rings (SSSR count). The van der Waals surface area contributed by atoms with Gasteiger partial charge in [0.05, 0.1) is 11.4 Å². The highest BCUT2D eigenvalue weighted by molar-refractivity contribution is 7.89. The van der Waals surface area contributed by atoms with Crippen LogP contribution in [0.3, 0.4) is 0 Å². The van der Waals surface area contributed by atoms with Gasteiger partial charge in [0, 0.05) is 19.8 Å². The average molecular weight is 313 g/mol. The lowest BCUT2D eigenvalue weighted by atomic mass is 10.2. The molecule has 7 heteroatoms. The van der Waals surface area contributed by atoms with Crippen molar-refractivity contribution in [2.75, 3.05) is 32.5 Å². The predicted molar refractivity (Wildman–Crippen MR) is 83.7 cm³/mol. The number of rotatable bonds is 7. The number of nitrogens with one attached hydrogen (secondary N) is 2. The van der Waals surface area contributed by atoms with Crippen molar-refractivity contribution in [1.82, 2.24) is 9.62 Å². The molecule has 2 N–H and O–H groups in total. The zero-order chi connectivity index (χ0) is 16.0. The highest BCUT2D eigenvalue weighted by atomic mass is 32.2. The third-order valence-electron chi connectivity index (χ3n) is 2.73. The molecular formula is C14H23N3O3S. The van der Waals surface area contributed by atoms with Crippen molar-refractivity contribution in [3.05, 3.63) is 24.3 Å². The van der Waals surface area contributed by atoms with Gasteiger partial charge in [0.1, 0.15) is 0 Å². The summed E-state index contributed by atoms with van der Waals surface area (Å²) in [7, 11) is -0.560. The van der Waals surface area contributed by atoms with Gasteiger partial charge in [0.15, 0.2) is 0 Å². The summed E-state index contributed by atoms with van der Waals surface area (Å²) in [6.07, 6.45) is 0. The minimum Gasteiger partial charge on any atom is -0.325 e. The molecule has 0 aliphatic heterocycles. The Morgan fingerprint density at radius 1 is 1.29 bits per heavy atom. The Kier molecular flexibility index (Phi) is 6.32. The Morgan fingerprint density at radius 2 is 1.95 bits per heavy atom. The Labute approximate surface area is 126 Å². The SMILES string of the molecule is CC(C)CNCC(=O)Nc1cccc(S(=O)(=O)N(C)C)c1. The minimum atomic E-state index is -3.50. The van der Waals surface area contributed by atoms with Crippen molar-refractivity contribution in [2.45, 2.75) is 18.7 Å². The summed E-state index contributed by atoms with van der Waals surface area (Å²) >= 11 is 0. The smallest absolute Gasteiger partial charge is 0.242 e. The number of amides is 1. The van der Waals surface area contributed by atoms with Crippen LogP contribution in [0.2, 0.25) is 0 Å². The predicted octanol–water partition coefficient (Wildman–Crippen LogP) is 1.12. The number of carbonyl (C=O) groups is 1. The third kappa shape index (κ3) is 5.45. The van der Waals surface area contributed by atoms with Gasteiger partial charge in [0.25, 0.3) is 0 Å². The van der Waals surface area contributed by atoms with Crippen LogP contribution in [0.25, 0.3) is 0 Å². The van der Waals surface area contributed by atoms with Crippen LogP contribution in [0, 0.1) is 5.92 Å². The molecule has 0 saturated heterocycles. The van der Waals surface area contributed by atoms with Crippen LogP contribution in [0.4, 0.5) is 5.69 Å². The first-order chi connectivity index (χ1) is 9.73. The number of carbonyl (C=O) groups excluding carboxylic acids is 1. The molecule has 0 atom stereocenters. The molecule has 1 aromatic rings. The fourth-order valence-corrected chi connectivity index (χ4v) is 2.57. The summed E-state index contributed by atoms with van der Waals surface area (Å²) in [5.74, 6) is 0.265. The van der Waals surface area contributed by atoms with Gasteiger partial charge in [-0.1, -0.05) is 19.9 Å². The van der Waals surface area contributed by atoms with E-state index in [1.165, 1.54) is 26.2 Å². The third-order valence-corrected chi connectivity index (χ3v) is 4.55. The first-order valence-corrected chi connectivity index (χ1v) is 8.20. The molecule has 6 nitrogen and oxygen atoms in total. The average Bonchev–Trinajstić information content (AvgIpc) is 2.38. The van der Waals surface area contributed by atoms with Crippen LogP contribution in [-0.2, 0) is 14.8 Å². The first-order valence-electron chi connectivity index (χ1n) is 6.76. The van der Waals surface area contributed by atoms with E-state index in [0.29, 0.717) is 11.6 Å². The maximum atomic E-state index is 12.0. The van der Waals surface area contributed by atoms with E-state index in [0.717, 1.165) is 10.8 Å². The highest BCUT2D eigenvalue weighted by Gasteiger charge is 2.17. The van der Waals surface area contributed by atoms with Crippen molar-refractivity contribution < 1.29 is 13.2 Å². The summed E-state index contributed by atoms with van der Waals surface area (Å²) < 4.78 is 25.2. The monoisotopic (exact) mass is 313 g/mol. The molecule has 0 aliphatic rings. The number of benzene rings is 1. The van der Waals surface area contributed by atoms with E-state index >= 15 is 0 Å². The summed E-state index contributed by atoms with van der Waals surface area (Å²) in [4.78, 5) is 11.9. The lowest BCUT2D eigenvalue weighted by molar-refractivity contribution is -0.115. The topological polar surface area (TPSA) is 78.5 Å². The van der Waals surface area contributed by atoms with E-state index < -0.39 is 10.0 Å². The van der Waals surface area contributed by atoms with Crippen LogP contribution in [0.15, 0.2) is 29.2 Å². The Balaban J connectivity index is 2.71. The molecular weight excluding hydrogens is 290 g/mol. The van der Waals surface area contributed by atoms with E-state index in [1.54, 1.807) is 12.1 Å². The van der Waals surface area contributed by atoms with Gasteiger partial charge in [0.2, 0.25) is 15.9 Å². The maximum Gasteiger partial charge on any atom is 0.242 e. The van der Waals surface area contributed by atoms with Gasteiger partial charge in [-0.15, -0.1) is 0 Å². The van der Waals surface area contributed by atoms with Crippen molar-refractivity contribution in [2.24, 2.45) is 5.92 Å². The number of sulfonamides is 1. The lowest BCUT2D eigenvalue weighted by Gasteiger charge is -2.13. The molecule has 118 valence electrons. The molecule has 0 radical (unpaired) electrons. The first kappa shape index (κ1) is 17.6. The van der Waals surface area contributed by atoms with Gasteiger partial charge < -0.3 is 10.6 Å². The summed E-state index contributed by atoms with van der Waals surface area (Å²) in [6.45, 7) is 5.06. The molecule has 0 bridgehead atoms. The number of nitrogens with zero attached hydrogens (tertiary/aromatic N) is 1. The van der Waals surface area contributed by atoms with Gasteiger partial charge in [-0.2, -0.15) is 0 Å². The molecule has 1 aromatic carbocycles. The fraction of sp³-hybridized carbons (Fsp3) is 0.500. The summed E-state index contributed by atoms with van der Waals surface area (Å²) in [6, 6.07) is 6.22. The standard InChI is InChI=1S/C14H23N3O3S/c1-11(2)9-15-10-14(18)16-12-6-5-7-13(8-12)21(19,20)17(3)4/h5-8,11,15H,9-10H2,1-4H3,(H,16,18). The summed E-state index contributed by atoms with van der Waals surface area (Å²) in [5.41, 5.74) is 0.467. The van der Waals surface area contributed by atoms with Crippen molar-refractivity contribution in [3.8, 4) is 0 Å². The van der Waals surface area contributed by atoms with Gasteiger partial charge in [-0.25, -0.2) is 12.7 Å². The van der Waals surface area contributed by atoms with E-state index in [1.807, 2.05) is 0 Å². The largest absolute Gasteiger partial charge is 0.325 e. The van der Waals surface area contributed by atoms with Crippen molar-refractivity contribution in [1.29, 1.82) is 0 Å². The Bertz CT molecular complexity index is 583. The zero-order valence-electron chi connectivity index (χ0n) is 12.9. The van der Waals surface area contributed by atoms with Crippen molar-refractivity contribution >= 4 is 21.6 Å². The Morgan fingerprint density at radius 3 is 2.52 bits per heavy atom. The van der Waals surface area contributed by atoms with Gasteiger partial charge in [-0.3, -0.25) is 4.79 Å². The van der Waals surface area contributed by atoms with Crippen molar-refractivity contribution in [3.63, 3.8) is 0 Å².